The Labute approximate surface area is 95.7 Å². The Morgan fingerprint density at radius 3 is 2.47 bits per heavy atom. The summed E-state index contributed by atoms with van der Waals surface area (Å²) in [6.45, 7) is 0. The van der Waals surface area contributed by atoms with E-state index in [1.807, 2.05) is 0 Å². The van der Waals surface area contributed by atoms with Crippen LogP contribution < -0.4 is 4.74 Å². The predicted molar refractivity (Wildman–Crippen MR) is 54.6 cm³/mol. The number of aromatic nitrogens is 1. The van der Waals surface area contributed by atoms with Crippen LogP contribution in [-0.4, -0.2) is 4.98 Å². The summed E-state index contributed by atoms with van der Waals surface area (Å²) in [4.78, 5) is 3.58. The largest absolute Gasteiger partial charge is 0.438 e. The first-order chi connectivity index (χ1) is 8.05. The van der Waals surface area contributed by atoms with Gasteiger partial charge in [-0.1, -0.05) is 18.2 Å². The number of rotatable bonds is 2. The highest BCUT2D eigenvalue weighted by atomic mass is 19.4. The van der Waals surface area contributed by atoms with Crippen molar-refractivity contribution in [3.05, 3.63) is 54.2 Å². The number of ether oxygens (including phenoxy) is 1. The summed E-state index contributed by atoms with van der Waals surface area (Å²) in [5.74, 6) is 0.500. The lowest BCUT2D eigenvalue weighted by Gasteiger charge is -2.07. The third-order valence-corrected chi connectivity index (χ3v) is 1.96. The normalized spacial score (nSPS) is 11.2. The minimum Gasteiger partial charge on any atom is -0.438 e. The number of benzene rings is 1. The highest BCUT2D eigenvalue weighted by Crippen LogP contribution is 2.29. The smallest absolute Gasteiger partial charge is 0.417 e. The number of pyridine rings is 1. The van der Waals surface area contributed by atoms with Gasteiger partial charge in [0.05, 0.1) is 5.56 Å². The first kappa shape index (κ1) is 11.4. The summed E-state index contributed by atoms with van der Waals surface area (Å²) in [5, 5.41) is 0. The Morgan fingerprint density at radius 1 is 1.12 bits per heavy atom. The van der Waals surface area contributed by atoms with E-state index < -0.39 is 11.7 Å². The standard InChI is InChI=1S/C12H7F3NO/c13-12(14,15)9-6-7-11(16-8-9)17-10-4-2-1-3-5-10/h1-4,6-8H. The Bertz CT molecular complexity index is 479. The maximum Gasteiger partial charge on any atom is 0.417 e. The van der Waals surface area contributed by atoms with Crippen LogP contribution in [0.4, 0.5) is 13.2 Å². The van der Waals surface area contributed by atoms with E-state index in [1.165, 1.54) is 6.07 Å². The number of hydrogen-bond acceptors (Lipinski definition) is 2. The van der Waals surface area contributed by atoms with E-state index in [4.69, 9.17) is 4.74 Å². The van der Waals surface area contributed by atoms with Gasteiger partial charge in [0.1, 0.15) is 5.75 Å². The first-order valence-corrected chi connectivity index (χ1v) is 4.73. The predicted octanol–water partition coefficient (Wildman–Crippen LogP) is 3.69. The molecule has 0 fully saturated rings. The number of halogens is 3. The third kappa shape index (κ3) is 2.96. The fourth-order valence-corrected chi connectivity index (χ4v) is 1.16. The van der Waals surface area contributed by atoms with Crippen molar-refractivity contribution in [1.29, 1.82) is 0 Å². The van der Waals surface area contributed by atoms with E-state index in [9.17, 15) is 13.2 Å². The van der Waals surface area contributed by atoms with Gasteiger partial charge in [-0.15, -0.1) is 0 Å². The average molecular weight is 238 g/mol. The number of para-hydroxylation sites is 1. The molecule has 0 aliphatic heterocycles. The van der Waals surface area contributed by atoms with Gasteiger partial charge in [-0.2, -0.15) is 13.2 Å². The fraction of sp³-hybridized carbons (Fsp3) is 0.0833. The zero-order valence-corrected chi connectivity index (χ0v) is 8.53. The Morgan fingerprint density at radius 2 is 1.94 bits per heavy atom. The van der Waals surface area contributed by atoms with Crippen molar-refractivity contribution in [3.63, 3.8) is 0 Å². The summed E-state index contributed by atoms with van der Waals surface area (Å²) < 4.78 is 42.0. The molecule has 0 saturated heterocycles. The molecule has 0 saturated carbocycles. The van der Waals surface area contributed by atoms with Crippen molar-refractivity contribution in [2.24, 2.45) is 0 Å². The SMILES string of the molecule is FC(F)(F)c1ccc(Oc2[c]cccc2)nc1. The molecule has 17 heavy (non-hydrogen) atoms. The fourth-order valence-electron chi connectivity index (χ4n) is 1.16. The van der Waals surface area contributed by atoms with Gasteiger partial charge in [0.15, 0.2) is 0 Å². The summed E-state index contributed by atoms with van der Waals surface area (Å²) in [5.41, 5.74) is -0.804. The molecule has 2 nitrogen and oxygen atoms in total. The Balaban J connectivity index is 2.14. The molecule has 0 N–H and O–H groups in total. The number of alkyl halides is 3. The van der Waals surface area contributed by atoms with Gasteiger partial charge in [-0.3, -0.25) is 0 Å². The van der Waals surface area contributed by atoms with Crippen molar-refractivity contribution in [2.75, 3.05) is 0 Å². The Hall–Kier alpha value is -2.04. The van der Waals surface area contributed by atoms with Crippen LogP contribution in [0.3, 0.4) is 0 Å². The second kappa shape index (κ2) is 4.45. The highest BCUT2D eigenvalue weighted by Gasteiger charge is 2.30. The van der Waals surface area contributed by atoms with Crippen molar-refractivity contribution >= 4 is 0 Å². The van der Waals surface area contributed by atoms with Crippen molar-refractivity contribution < 1.29 is 17.9 Å². The van der Waals surface area contributed by atoms with Crippen LogP contribution in [0, 0.1) is 6.07 Å². The van der Waals surface area contributed by atoms with Crippen molar-refractivity contribution in [1.82, 2.24) is 4.98 Å². The van der Waals surface area contributed by atoms with Gasteiger partial charge in [0.25, 0.3) is 0 Å². The second-order valence-electron chi connectivity index (χ2n) is 3.21. The van der Waals surface area contributed by atoms with E-state index in [0.717, 1.165) is 12.3 Å². The van der Waals surface area contributed by atoms with Crippen molar-refractivity contribution in [2.45, 2.75) is 6.18 Å². The topological polar surface area (TPSA) is 22.1 Å². The lowest BCUT2D eigenvalue weighted by Crippen LogP contribution is -2.05. The van der Waals surface area contributed by atoms with E-state index in [-0.39, 0.29) is 5.88 Å². The maximum absolute atomic E-state index is 12.3. The lowest BCUT2D eigenvalue weighted by atomic mass is 10.3. The average Bonchev–Trinajstić information content (AvgIpc) is 2.30. The molecule has 0 spiro atoms. The third-order valence-electron chi connectivity index (χ3n) is 1.96. The summed E-state index contributed by atoms with van der Waals surface area (Å²) >= 11 is 0. The summed E-state index contributed by atoms with van der Waals surface area (Å²) in [7, 11) is 0. The molecule has 0 bridgehead atoms. The maximum atomic E-state index is 12.3. The van der Waals surface area contributed by atoms with Crippen LogP contribution in [0.1, 0.15) is 5.56 Å². The zero-order chi connectivity index (χ0) is 12.3. The minimum absolute atomic E-state index is 0.0976. The molecule has 1 heterocycles. The van der Waals surface area contributed by atoms with Gasteiger partial charge >= 0.3 is 6.18 Å². The highest BCUT2D eigenvalue weighted by molar-refractivity contribution is 5.27. The molecule has 0 unspecified atom stereocenters. The molecule has 0 amide bonds. The second-order valence-corrected chi connectivity index (χ2v) is 3.21. The van der Waals surface area contributed by atoms with E-state index in [1.54, 1.807) is 24.3 Å². The molecule has 0 aliphatic rings. The molecule has 2 rings (SSSR count). The van der Waals surface area contributed by atoms with E-state index in [0.29, 0.717) is 5.75 Å². The summed E-state index contributed by atoms with van der Waals surface area (Å²) in [6, 6.07) is 11.6. The molecule has 5 heteroatoms. The molecule has 87 valence electrons. The monoisotopic (exact) mass is 238 g/mol. The molecule has 0 aliphatic carbocycles. The van der Waals surface area contributed by atoms with Gasteiger partial charge < -0.3 is 4.74 Å². The van der Waals surface area contributed by atoms with Crippen LogP contribution in [0.25, 0.3) is 0 Å². The van der Waals surface area contributed by atoms with Crippen LogP contribution >= 0.6 is 0 Å². The van der Waals surface area contributed by atoms with Crippen molar-refractivity contribution in [3.8, 4) is 11.6 Å². The number of nitrogens with zero attached hydrogens (tertiary/aromatic N) is 1. The molecule has 1 aromatic heterocycles. The van der Waals surface area contributed by atoms with Gasteiger partial charge in [-0.05, 0) is 12.1 Å². The van der Waals surface area contributed by atoms with Crippen LogP contribution in [0.15, 0.2) is 42.6 Å². The molecule has 2 aromatic rings. The summed E-state index contributed by atoms with van der Waals surface area (Å²) in [6.07, 6.45) is -3.65. The van der Waals surface area contributed by atoms with Gasteiger partial charge in [0.2, 0.25) is 5.88 Å². The molecule has 0 atom stereocenters. The molecule has 1 aromatic carbocycles. The molecule has 1 radical (unpaired) electrons. The quantitative estimate of drug-likeness (QED) is 0.795. The van der Waals surface area contributed by atoms with Crippen LogP contribution in [0.2, 0.25) is 0 Å². The molecular weight excluding hydrogens is 231 g/mol. The van der Waals surface area contributed by atoms with Gasteiger partial charge in [-0.25, -0.2) is 4.98 Å². The number of hydrogen-bond donors (Lipinski definition) is 0. The molecular formula is C12H7F3NO. The van der Waals surface area contributed by atoms with Crippen LogP contribution in [-0.2, 0) is 6.18 Å². The van der Waals surface area contributed by atoms with E-state index >= 15 is 0 Å². The van der Waals surface area contributed by atoms with Crippen LogP contribution in [0.5, 0.6) is 11.6 Å². The van der Waals surface area contributed by atoms with E-state index in [2.05, 4.69) is 11.1 Å². The Kier molecular flexibility index (Phi) is 2.99. The first-order valence-electron chi connectivity index (χ1n) is 4.73. The minimum atomic E-state index is -4.38. The lowest BCUT2D eigenvalue weighted by molar-refractivity contribution is -0.137. The van der Waals surface area contributed by atoms with Gasteiger partial charge in [0, 0.05) is 18.3 Å². The zero-order valence-electron chi connectivity index (χ0n) is 8.53.